The van der Waals surface area contributed by atoms with Crippen molar-refractivity contribution >= 4 is 0 Å². The second kappa shape index (κ2) is 8.24. The fourth-order valence-corrected chi connectivity index (χ4v) is 1.99. The number of aliphatic hydroxyl groups is 4. The van der Waals surface area contributed by atoms with Gasteiger partial charge in [0.15, 0.2) is 0 Å². The zero-order valence-corrected chi connectivity index (χ0v) is 11.2. The van der Waals surface area contributed by atoms with E-state index in [9.17, 15) is 10.2 Å². The summed E-state index contributed by atoms with van der Waals surface area (Å²) < 4.78 is 0. The van der Waals surface area contributed by atoms with Gasteiger partial charge in [-0.2, -0.15) is 0 Å². The van der Waals surface area contributed by atoms with Gasteiger partial charge in [0, 0.05) is 19.1 Å². The van der Waals surface area contributed by atoms with E-state index in [2.05, 4.69) is 0 Å². The summed E-state index contributed by atoms with van der Waals surface area (Å²) in [5.74, 6) is 0. The standard InChI is InChI=1S/C14H23NO4/c1-11(12-5-3-2-4-6-12)15(7-13(18)9-16)8-14(19)10-17/h2-6,11,13-14,16-19H,7-10H2,1H3. The first-order valence-corrected chi connectivity index (χ1v) is 6.45. The average molecular weight is 269 g/mol. The Balaban J connectivity index is 2.76. The SMILES string of the molecule is CC(c1ccccc1)N(CC(O)CO)CC(O)CO. The first-order chi connectivity index (χ1) is 9.08. The molecule has 0 heterocycles. The predicted molar refractivity (Wildman–Crippen MR) is 72.6 cm³/mol. The Morgan fingerprint density at radius 3 is 1.84 bits per heavy atom. The van der Waals surface area contributed by atoms with Gasteiger partial charge in [-0.1, -0.05) is 30.3 Å². The van der Waals surface area contributed by atoms with Crippen LogP contribution in [0.15, 0.2) is 30.3 Å². The molecule has 0 bridgehead atoms. The molecule has 5 heteroatoms. The average Bonchev–Trinajstić information content (AvgIpc) is 2.46. The molecule has 108 valence electrons. The van der Waals surface area contributed by atoms with Crippen LogP contribution in [0.3, 0.4) is 0 Å². The highest BCUT2D eigenvalue weighted by Crippen LogP contribution is 2.20. The van der Waals surface area contributed by atoms with Gasteiger partial charge in [-0.15, -0.1) is 0 Å². The largest absolute Gasteiger partial charge is 0.394 e. The number of rotatable bonds is 8. The summed E-state index contributed by atoms with van der Waals surface area (Å²) in [5, 5.41) is 37.0. The third-order valence-electron chi connectivity index (χ3n) is 3.14. The van der Waals surface area contributed by atoms with Gasteiger partial charge in [0.1, 0.15) is 0 Å². The minimum Gasteiger partial charge on any atom is -0.394 e. The fourth-order valence-electron chi connectivity index (χ4n) is 1.99. The van der Waals surface area contributed by atoms with Crippen LogP contribution in [0.5, 0.6) is 0 Å². The lowest BCUT2D eigenvalue weighted by molar-refractivity contribution is 0.00921. The number of benzene rings is 1. The molecular formula is C14H23NO4. The Bertz CT molecular complexity index is 335. The number of hydrogen-bond donors (Lipinski definition) is 4. The van der Waals surface area contributed by atoms with E-state index in [0.717, 1.165) is 5.56 Å². The highest BCUT2D eigenvalue weighted by atomic mass is 16.3. The van der Waals surface area contributed by atoms with E-state index in [1.807, 2.05) is 42.2 Å². The molecular weight excluding hydrogens is 246 g/mol. The van der Waals surface area contributed by atoms with E-state index in [-0.39, 0.29) is 32.3 Å². The smallest absolute Gasteiger partial charge is 0.0897 e. The van der Waals surface area contributed by atoms with Gasteiger partial charge < -0.3 is 20.4 Å². The number of aliphatic hydroxyl groups excluding tert-OH is 4. The van der Waals surface area contributed by atoms with Crippen LogP contribution in [-0.2, 0) is 0 Å². The molecule has 3 unspecified atom stereocenters. The molecule has 1 rings (SSSR count). The Kier molecular flexibility index (Phi) is 6.97. The normalized spacial score (nSPS) is 16.3. The molecule has 1 aromatic carbocycles. The predicted octanol–water partition coefficient (Wildman–Crippen LogP) is -0.244. The van der Waals surface area contributed by atoms with Crippen LogP contribution < -0.4 is 0 Å². The molecule has 0 fully saturated rings. The summed E-state index contributed by atoms with van der Waals surface area (Å²) in [6.07, 6.45) is -1.73. The van der Waals surface area contributed by atoms with Gasteiger partial charge in [-0.3, -0.25) is 4.90 Å². The molecule has 0 aromatic heterocycles. The molecule has 4 N–H and O–H groups in total. The maximum Gasteiger partial charge on any atom is 0.0897 e. The third kappa shape index (κ3) is 5.26. The van der Waals surface area contributed by atoms with E-state index in [1.54, 1.807) is 0 Å². The van der Waals surface area contributed by atoms with E-state index in [1.165, 1.54) is 0 Å². The Hall–Kier alpha value is -0.980. The molecule has 0 saturated carbocycles. The van der Waals surface area contributed by atoms with Crippen molar-refractivity contribution < 1.29 is 20.4 Å². The lowest BCUT2D eigenvalue weighted by Gasteiger charge is -2.32. The highest BCUT2D eigenvalue weighted by molar-refractivity contribution is 5.18. The van der Waals surface area contributed by atoms with Gasteiger partial charge in [0.2, 0.25) is 0 Å². The van der Waals surface area contributed by atoms with Crippen LogP contribution in [0.4, 0.5) is 0 Å². The molecule has 0 aliphatic rings. The summed E-state index contributed by atoms with van der Waals surface area (Å²) in [6.45, 7) is 1.79. The molecule has 0 saturated heterocycles. The van der Waals surface area contributed by atoms with Gasteiger partial charge in [0.05, 0.1) is 25.4 Å². The quantitative estimate of drug-likeness (QED) is 0.523. The van der Waals surface area contributed by atoms with Crippen LogP contribution in [0.2, 0.25) is 0 Å². The van der Waals surface area contributed by atoms with Crippen molar-refractivity contribution in [2.24, 2.45) is 0 Å². The van der Waals surface area contributed by atoms with Crippen molar-refractivity contribution in [2.45, 2.75) is 25.2 Å². The third-order valence-corrected chi connectivity index (χ3v) is 3.14. The van der Waals surface area contributed by atoms with Gasteiger partial charge >= 0.3 is 0 Å². The summed E-state index contributed by atoms with van der Waals surface area (Å²) in [6, 6.07) is 9.68. The minimum absolute atomic E-state index is 0.0244. The Labute approximate surface area is 113 Å². The van der Waals surface area contributed by atoms with Crippen molar-refractivity contribution in [3.63, 3.8) is 0 Å². The molecule has 19 heavy (non-hydrogen) atoms. The summed E-state index contributed by atoms with van der Waals surface area (Å²) >= 11 is 0. The Morgan fingerprint density at radius 1 is 0.947 bits per heavy atom. The molecule has 0 spiro atoms. The second-order valence-electron chi connectivity index (χ2n) is 4.71. The monoisotopic (exact) mass is 269 g/mol. The molecule has 1 aromatic rings. The van der Waals surface area contributed by atoms with Gasteiger partial charge in [-0.25, -0.2) is 0 Å². The van der Waals surface area contributed by atoms with Crippen molar-refractivity contribution in [1.29, 1.82) is 0 Å². The van der Waals surface area contributed by atoms with E-state index < -0.39 is 12.2 Å². The first kappa shape index (κ1) is 16.1. The molecule has 3 atom stereocenters. The van der Waals surface area contributed by atoms with E-state index in [0.29, 0.717) is 0 Å². The minimum atomic E-state index is -0.864. The van der Waals surface area contributed by atoms with Crippen LogP contribution in [0, 0.1) is 0 Å². The summed E-state index contributed by atoms with van der Waals surface area (Å²) in [7, 11) is 0. The summed E-state index contributed by atoms with van der Waals surface area (Å²) in [5.41, 5.74) is 1.05. The molecule has 0 aliphatic carbocycles. The second-order valence-corrected chi connectivity index (χ2v) is 4.71. The number of nitrogens with zero attached hydrogens (tertiary/aromatic N) is 1. The van der Waals surface area contributed by atoms with Crippen molar-refractivity contribution in [3.8, 4) is 0 Å². The zero-order valence-electron chi connectivity index (χ0n) is 11.2. The van der Waals surface area contributed by atoms with E-state index in [4.69, 9.17) is 10.2 Å². The number of hydrogen-bond acceptors (Lipinski definition) is 5. The molecule has 0 amide bonds. The van der Waals surface area contributed by atoms with Crippen LogP contribution >= 0.6 is 0 Å². The maximum atomic E-state index is 9.57. The van der Waals surface area contributed by atoms with E-state index >= 15 is 0 Å². The zero-order chi connectivity index (χ0) is 14.3. The lowest BCUT2D eigenvalue weighted by Crippen LogP contribution is -2.41. The molecule has 0 aliphatic heterocycles. The van der Waals surface area contributed by atoms with Gasteiger partial charge in [0.25, 0.3) is 0 Å². The first-order valence-electron chi connectivity index (χ1n) is 6.45. The molecule has 5 nitrogen and oxygen atoms in total. The van der Waals surface area contributed by atoms with Crippen LogP contribution in [0.1, 0.15) is 18.5 Å². The van der Waals surface area contributed by atoms with Crippen LogP contribution in [-0.4, -0.2) is 63.8 Å². The fraction of sp³-hybridized carbons (Fsp3) is 0.571. The van der Waals surface area contributed by atoms with Gasteiger partial charge in [-0.05, 0) is 12.5 Å². The van der Waals surface area contributed by atoms with Crippen molar-refractivity contribution in [2.75, 3.05) is 26.3 Å². The molecule has 0 radical (unpaired) electrons. The Morgan fingerprint density at radius 2 is 1.42 bits per heavy atom. The summed E-state index contributed by atoms with van der Waals surface area (Å²) in [4.78, 5) is 1.84. The van der Waals surface area contributed by atoms with Crippen molar-refractivity contribution in [3.05, 3.63) is 35.9 Å². The maximum absolute atomic E-state index is 9.57. The van der Waals surface area contributed by atoms with Crippen LogP contribution in [0.25, 0.3) is 0 Å². The lowest BCUT2D eigenvalue weighted by atomic mass is 10.1. The topological polar surface area (TPSA) is 84.2 Å². The van der Waals surface area contributed by atoms with Crippen molar-refractivity contribution in [1.82, 2.24) is 4.90 Å². The highest BCUT2D eigenvalue weighted by Gasteiger charge is 2.21.